The summed E-state index contributed by atoms with van der Waals surface area (Å²) in [6.45, 7) is 7.37. The molecule has 2 atom stereocenters. The van der Waals surface area contributed by atoms with Crippen LogP contribution in [0.2, 0.25) is 0 Å². The van der Waals surface area contributed by atoms with Gasteiger partial charge in [0, 0.05) is 5.57 Å². The Balaban J connectivity index is 3.64. The van der Waals surface area contributed by atoms with Crippen molar-refractivity contribution in [1.29, 1.82) is 0 Å². The molecule has 0 aromatic heterocycles. The lowest BCUT2D eigenvalue weighted by atomic mass is 9.96. The molecule has 0 aliphatic carbocycles. The Kier molecular flexibility index (Phi) is 5.39. The van der Waals surface area contributed by atoms with Gasteiger partial charge in [0.15, 0.2) is 0 Å². The summed E-state index contributed by atoms with van der Waals surface area (Å²) in [7, 11) is 0. The second-order valence-corrected chi connectivity index (χ2v) is 3.70. The van der Waals surface area contributed by atoms with E-state index >= 15 is 0 Å². The lowest BCUT2D eigenvalue weighted by Gasteiger charge is -2.12. The molecule has 0 heterocycles. The van der Waals surface area contributed by atoms with E-state index in [-0.39, 0.29) is 6.10 Å². The van der Waals surface area contributed by atoms with Crippen LogP contribution in [0.4, 0.5) is 0 Å². The van der Waals surface area contributed by atoms with Crippen LogP contribution in [0.5, 0.6) is 0 Å². The van der Waals surface area contributed by atoms with Gasteiger partial charge >= 0.3 is 0 Å². The van der Waals surface area contributed by atoms with Gasteiger partial charge in [0.1, 0.15) is 0 Å². The Labute approximate surface area is 79.6 Å². The maximum absolute atomic E-state index is 10.6. The topological polar surface area (TPSA) is 63.3 Å². The van der Waals surface area contributed by atoms with Gasteiger partial charge in [-0.3, -0.25) is 4.79 Å². The first-order valence-corrected chi connectivity index (χ1v) is 4.59. The van der Waals surface area contributed by atoms with Crippen molar-refractivity contribution in [3.05, 3.63) is 12.2 Å². The van der Waals surface area contributed by atoms with Crippen molar-refractivity contribution in [2.24, 2.45) is 11.7 Å². The van der Waals surface area contributed by atoms with Crippen molar-refractivity contribution in [2.75, 3.05) is 0 Å². The Hall–Kier alpha value is -0.830. The summed E-state index contributed by atoms with van der Waals surface area (Å²) in [4.78, 5) is 10.6. The molecule has 0 aliphatic heterocycles. The fraction of sp³-hybridized carbons (Fsp3) is 0.700. The summed E-state index contributed by atoms with van der Waals surface area (Å²) in [5.74, 6) is -0.0275. The largest absolute Gasteiger partial charge is 0.393 e. The first-order valence-electron chi connectivity index (χ1n) is 4.59. The van der Waals surface area contributed by atoms with E-state index in [0.29, 0.717) is 17.9 Å². The van der Waals surface area contributed by atoms with Gasteiger partial charge in [-0.25, -0.2) is 0 Å². The average Bonchev–Trinajstić information content (AvgIpc) is 1.98. The van der Waals surface area contributed by atoms with Crippen LogP contribution in [0.3, 0.4) is 0 Å². The number of carbonyl (C=O) groups is 1. The molecule has 3 heteroatoms. The zero-order chi connectivity index (χ0) is 10.4. The van der Waals surface area contributed by atoms with Crippen LogP contribution in [0.15, 0.2) is 12.2 Å². The van der Waals surface area contributed by atoms with E-state index in [2.05, 4.69) is 6.58 Å². The number of aliphatic hydroxyl groups is 1. The minimum Gasteiger partial charge on any atom is -0.393 e. The highest BCUT2D eigenvalue weighted by Gasteiger charge is 2.08. The summed E-state index contributed by atoms with van der Waals surface area (Å²) in [5.41, 5.74) is 5.51. The minimum absolute atomic E-state index is 0.281. The van der Waals surface area contributed by atoms with Crippen molar-refractivity contribution >= 4 is 5.91 Å². The van der Waals surface area contributed by atoms with Gasteiger partial charge in [0.25, 0.3) is 0 Å². The number of hydrogen-bond acceptors (Lipinski definition) is 2. The summed E-state index contributed by atoms with van der Waals surface area (Å²) < 4.78 is 0. The SMILES string of the molecule is C=C(CCC(C)CC(C)O)C(N)=O. The number of rotatable bonds is 6. The number of amides is 1. The van der Waals surface area contributed by atoms with Crippen LogP contribution in [0.25, 0.3) is 0 Å². The molecule has 13 heavy (non-hydrogen) atoms. The van der Waals surface area contributed by atoms with E-state index in [0.717, 1.165) is 12.8 Å². The molecule has 1 amide bonds. The molecule has 0 aromatic rings. The standard InChI is InChI=1S/C10H19NO2/c1-7(6-9(3)12)4-5-8(2)10(11)13/h7,9,12H,2,4-6H2,1,3H3,(H2,11,13). The molecule has 3 N–H and O–H groups in total. The molecule has 0 aromatic carbocycles. The van der Waals surface area contributed by atoms with Gasteiger partial charge < -0.3 is 10.8 Å². The molecule has 2 unspecified atom stereocenters. The second kappa shape index (κ2) is 5.75. The molecule has 0 aliphatic rings. The van der Waals surface area contributed by atoms with E-state index in [9.17, 15) is 4.79 Å². The summed E-state index contributed by atoms with van der Waals surface area (Å²) in [6, 6.07) is 0. The van der Waals surface area contributed by atoms with Crippen LogP contribution in [0, 0.1) is 5.92 Å². The molecular weight excluding hydrogens is 166 g/mol. The van der Waals surface area contributed by atoms with Crippen LogP contribution >= 0.6 is 0 Å². The van der Waals surface area contributed by atoms with E-state index in [1.165, 1.54) is 0 Å². The quantitative estimate of drug-likeness (QED) is 0.611. The van der Waals surface area contributed by atoms with Gasteiger partial charge in [0.05, 0.1) is 6.10 Å². The Bertz CT molecular complexity index is 187. The van der Waals surface area contributed by atoms with Crippen LogP contribution in [-0.4, -0.2) is 17.1 Å². The third kappa shape index (κ3) is 6.34. The predicted octanol–water partition coefficient (Wildman–Crippen LogP) is 1.22. The molecule has 0 radical (unpaired) electrons. The van der Waals surface area contributed by atoms with Gasteiger partial charge in [-0.15, -0.1) is 0 Å². The highest BCUT2D eigenvalue weighted by Crippen LogP contribution is 2.15. The number of hydrogen-bond donors (Lipinski definition) is 2. The van der Waals surface area contributed by atoms with Crippen LogP contribution in [0.1, 0.15) is 33.1 Å². The number of aliphatic hydroxyl groups excluding tert-OH is 1. The van der Waals surface area contributed by atoms with E-state index < -0.39 is 5.91 Å². The Morgan fingerprint density at radius 2 is 2.08 bits per heavy atom. The lowest BCUT2D eigenvalue weighted by molar-refractivity contribution is -0.114. The van der Waals surface area contributed by atoms with Gasteiger partial charge in [-0.2, -0.15) is 0 Å². The van der Waals surface area contributed by atoms with Crippen LogP contribution in [-0.2, 0) is 4.79 Å². The van der Waals surface area contributed by atoms with Gasteiger partial charge in [-0.05, 0) is 32.1 Å². The molecule has 0 rings (SSSR count). The number of nitrogens with two attached hydrogens (primary N) is 1. The van der Waals surface area contributed by atoms with E-state index in [1.54, 1.807) is 6.92 Å². The van der Waals surface area contributed by atoms with E-state index in [4.69, 9.17) is 10.8 Å². The number of carbonyl (C=O) groups excluding carboxylic acids is 1. The van der Waals surface area contributed by atoms with Crippen molar-refractivity contribution in [3.8, 4) is 0 Å². The predicted molar refractivity (Wildman–Crippen MR) is 53.0 cm³/mol. The average molecular weight is 185 g/mol. The fourth-order valence-electron chi connectivity index (χ4n) is 1.24. The highest BCUT2D eigenvalue weighted by atomic mass is 16.3. The first-order chi connectivity index (χ1) is 5.93. The smallest absolute Gasteiger partial charge is 0.244 e. The van der Waals surface area contributed by atoms with Gasteiger partial charge in [0.2, 0.25) is 5.91 Å². The fourth-order valence-corrected chi connectivity index (χ4v) is 1.24. The molecule has 76 valence electrons. The van der Waals surface area contributed by atoms with Gasteiger partial charge in [-0.1, -0.05) is 13.5 Å². The third-order valence-corrected chi connectivity index (χ3v) is 2.03. The summed E-state index contributed by atoms with van der Waals surface area (Å²) in [5, 5.41) is 9.08. The first kappa shape index (κ1) is 12.2. The van der Waals surface area contributed by atoms with Crippen molar-refractivity contribution in [1.82, 2.24) is 0 Å². The molecule has 0 spiro atoms. The zero-order valence-electron chi connectivity index (χ0n) is 8.42. The van der Waals surface area contributed by atoms with Crippen molar-refractivity contribution in [2.45, 2.75) is 39.2 Å². The second-order valence-electron chi connectivity index (χ2n) is 3.70. The van der Waals surface area contributed by atoms with Crippen molar-refractivity contribution < 1.29 is 9.90 Å². The maximum atomic E-state index is 10.6. The monoisotopic (exact) mass is 185 g/mol. The molecule has 3 nitrogen and oxygen atoms in total. The summed E-state index contributed by atoms with van der Waals surface area (Å²) in [6.07, 6.45) is 1.96. The third-order valence-electron chi connectivity index (χ3n) is 2.03. The zero-order valence-corrected chi connectivity index (χ0v) is 8.42. The van der Waals surface area contributed by atoms with Crippen LogP contribution < -0.4 is 5.73 Å². The molecule has 0 bridgehead atoms. The lowest BCUT2D eigenvalue weighted by Crippen LogP contribution is -2.14. The molecule has 0 fully saturated rings. The van der Waals surface area contributed by atoms with E-state index in [1.807, 2.05) is 6.92 Å². The highest BCUT2D eigenvalue weighted by molar-refractivity contribution is 5.91. The molecule has 0 saturated heterocycles. The van der Waals surface area contributed by atoms with Crippen molar-refractivity contribution in [3.63, 3.8) is 0 Å². The minimum atomic E-state index is -0.427. The summed E-state index contributed by atoms with van der Waals surface area (Å²) >= 11 is 0. The molecular formula is C10H19NO2. The Morgan fingerprint density at radius 3 is 2.46 bits per heavy atom. The Morgan fingerprint density at radius 1 is 1.54 bits per heavy atom. The number of primary amides is 1. The molecule has 0 saturated carbocycles. The maximum Gasteiger partial charge on any atom is 0.244 e. The normalized spacial score (nSPS) is 15.0.